The second kappa shape index (κ2) is 6.77. The maximum Gasteiger partial charge on any atom is 0.289 e. The Balaban J connectivity index is 1.91. The van der Waals surface area contributed by atoms with Gasteiger partial charge in [-0.1, -0.05) is 11.6 Å². The summed E-state index contributed by atoms with van der Waals surface area (Å²) in [5.74, 6) is 0.807. The normalized spacial score (nSPS) is 13.8. The first-order chi connectivity index (χ1) is 11.9. The molecule has 0 amide bonds. The predicted molar refractivity (Wildman–Crippen MR) is 91.0 cm³/mol. The molecule has 0 aromatic heterocycles. The Kier molecular flexibility index (Phi) is 4.69. The molecule has 0 unspecified atom stereocenters. The highest BCUT2D eigenvalue weighted by Gasteiger charge is 2.21. The molecule has 0 saturated heterocycles. The molecule has 0 fully saturated rings. The highest BCUT2D eigenvalue weighted by molar-refractivity contribution is 7.92. The second-order valence-electron chi connectivity index (χ2n) is 5.19. The van der Waals surface area contributed by atoms with Crippen LogP contribution in [0.1, 0.15) is 6.42 Å². The Hall–Kier alpha value is -2.52. The molecule has 1 heterocycles. The van der Waals surface area contributed by atoms with Crippen molar-refractivity contribution >= 4 is 33.0 Å². The fraction of sp³-hybridized carbons (Fsp3) is 0.200. The Morgan fingerprint density at radius 3 is 2.52 bits per heavy atom. The van der Waals surface area contributed by atoms with Gasteiger partial charge in [0.05, 0.1) is 28.7 Å². The zero-order chi connectivity index (χ0) is 18.0. The van der Waals surface area contributed by atoms with Gasteiger partial charge in [0.25, 0.3) is 15.7 Å². The van der Waals surface area contributed by atoms with Gasteiger partial charge in [-0.3, -0.25) is 14.8 Å². The van der Waals surface area contributed by atoms with E-state index >= 15 is 0 Å². The van der Waals surface area contributed by atoms with E-state index in [1.54, 1.807) is 0 Å². The SMILES string of the molecule is O=[N+]([O-])c1cc(NS(=O)(=O)c2ccc3c(c2)OCCCO3)ccc1Cl. The Morgan fingerprint density at radius 1 is 1.08 bits per heavy atom. The molecule has 1 aliphatic heterocycles. The molecule has 0 radical (unpaired) electrons. The molecular weight excluding hydrogens is 372 g/mol. The summed E-state index contributed by atoms with van der Waals surface area (Å²) >= 11 is 5.72. The fourth-order valence-corrected chi connectivity index (χ4v) is 3.49. The van der Waals surface area contributed by atoms with E-state index in [1.807, 2.05) is 0 Å². The second-order valence-corrected chi connectivity index (χ2v) is 7.28. The zero-order valence-electron chi connectivity index (χ0n) is 12.8. The average molecular weight is 385 g/mol. The van der Waals surface area contributed by atoms with Crippen molar-refractivity contribution in [2.75, 3.05) is 17.9 Å². The van der Waals surface area contributed by atoms with Crippen LogP contribution in [0, 0.1) is 10.1 Å². The number of hydrogen-bond acceptors (Lipinski definition) is 6. The highest BCUT2D eigenvalue weighted by Crippen LogP contribution is 2.33. The summed E-state index contributed by atoms with van der Waals surface area (Å²) in [5.41, 5.74) is -0.358. The van der Waals surface area contributed by atoms with Crippen LogP contribution in [0.3, 0.4) is 0 Å². The lowest BCUT2D eigenvalue weighted by Gasteiger charge is -2.11. The quantitative estimate of drug-likeness (QED) is 0.640. The summed E-state index contributed by atoms with van der Waals surface area (Å²) in [4.78, 5) is 10.2. The van der Waals surface area contributed by atoms with Crippen LogP contribution in [0.4, 0.5) is 11.4 Å². The van der Waals surface area contributed by atoms with E-state index < -0.39 is 14.9 Å². The minimum atomic E-state index is -3.97. The van der Waals surface area contributed by atoms with Crippen LogP contribution in [0.5, 0.6) is 11.5 Å². The molecule has 0 aliphatic carbocycles. The van der Waals surface area contributed by atoms with E-state index in [0.29, 0.717) is 31.1 Å². The molecule has 2 aromatic rings. The lowest BCUT2D eigenvalue weighted by Crippen LogP contribution is -2.13. The van der Waals surface area contributed by atoms with Crippen LogP contribution < -0.4 is 14.2 Å². The number of fused-ring (bicyclic) bond motifs is 1. The summed E-state index contributed by atoms with van der Waals surface area (Å²) in [6.07, 6.45) is 0.698. The lowest BCUT2D eigenvalue weighted by molar-refractivity contribution is -0.384. The van der Waals surface area contributed by atoms with Crippen molar-refractivity contribution in [2.24, 2.45) is 0 Å². The average Bonchev–Trinajstić information content (AvgIpc) is 2.80. The van der Waals surface area contributed by atoms with Crippen molar-refractivity contribution in [3.63, 3.8) is 0 Å². The molecule has 25 heavy (non-hydrogen) atoms. The number of nitrogens with zero attached hydrogens (tertiary/aromatic N) is 1. The summed E-state index contributed by atoms with van der Waals surface area (Å²) in [5, 5.41) is 10.8. The molecule has 0 bridgehead atoms. The van der Waals surface area contributed by atoms with Crippen LogP contribution in [0.25, 0.3) is 0 Å². The lowest BCUT2D eigenvalue weighted by atomic mass is 10.3. The largest absolute Gasteiger partial charge is 0.490 e. The smallest absolute Gasteiger partial charge is 0.289 e. The number of sulfonamides is 1. The van der Waals surface area contributed by atoms with E-state index in [2.05, 4.69) is 4.72 Å². The number of benzene rings is 2. The first-order valence-corrected chi connectivity index (χ1v) is 9.09. The molecule has 132 valence electrons. The van der Waals surface area contributed by atoms with Crippen molar-refractivity contribution < 1.29 is 22.8 Å². The van der Waals surface area contributed by atoms with E-state index in [9.17, 15) is 18.5 Å². The topological polar surface area (TPSA) is 108 Å². The molecule has 0 saturated carbocycles. The van der Waals surface area contributed by atoms with E-state index in [4.69, 9.17) is 21.1 Å². The van der Waals surface area contributed by atoms with Crippen LogP contribution >= 0.6 is 11.6 Å². The molecule has 0 atom stereocenters. The minimum absolute atomic E-state index is 0.0308. The number of nitro groups is 1. The maximum atomic E-state index is 12.5. The Morgan fingerprint density at radius 2 is 1.80 bits per heavy atom. The number of nitro benzene ring substituents is 1. The number of anilines is 1. The van der Waals surface area contributed by atoms with Gasteiger partial charge < -0.3 is 9.47 Å². The van der Waals surface area contributed by atoms with Gasteiger partial charge >= 0.3 is 0 Å². The van der Waals surface area contributed by atoms with Gasteiger partial charge in [0, 0.05) is 18.6 Å². The summed E-state index contributed by atoms with van der Waals surface area (Å²) in [6, 6.07) is 7.90. The van der Waals surface area contributed by atoms with Gasteiger partial charge in [-0.2, -0.15) is 0 Å². The van der Waals surface area contributed by atoms with Crippen LogP contribution in [-0.4, -0.2) is 26.6 Å². The number of rotatable bonds is 4. The highest BCUT2D eigenvalue weighted by atomic mass is 35.5. The maximum absolute atomic E-state index is 12.5. The number of ether oxygens (including phenoxy) is 2. The van der Waals surface area contributed by atoms with Crippen molar-refractivity contribution in [3.05, 3.63) is 51.5 Å². The van der Waals surface area contributed by atoms with E-state index in [1.165, 1.54) is 30.3 Å². The third-order valence-electron chi connectivity index (χ3n) is 3.42. The van der Waals surface area contributed by atoms with Gasteiger partial charge in [0.2, 0.25) is 0 Å². The Bertz CT molecular complexity index is 932. The summed E-state index contributed by atoms with van der Waals surface area (Å²) in [6.45, 7) is 0.916. The van der Waals surface area contributed by atoms with Crippen molar-refractivity contribution in [3.8, 4) is 11.5 Å². The van der Waals surface area contributed by atoms with Crippen LogP contribution in [0.15, 0.2) is 41.3 Å². The monoisotopic (exact) mass is 384 g/mol. The van der Waals surface area contributed by atoms with Gasteiger partial charge in [-0.15, -0.1) is 0 Å². The van der Waals surface area contributed by atoms with Gasteiger partial charge in [0.1, 0.15) is 5.02 Å². The number of halogens is 1. The first kappa shape index (κ1) is 17.3. The molecule has 8 nitrogen and oxygen atoms in total. The molecule has 0 spiro atoms. The van der Waals surface area contributed by atoms with Crippen molar-refractivity contribution in [1.82, 2.24) is 0 Å². The van der Waals surface area contributed by atoms with Gasteiger partial charge in [-0.05, 0) is 24.3 Å². The molecule has 10 heteroatoms. The summed E-state index contributed by atoms with van der Waals surface area (Å²) in [7, 11) is -3.97. The first-order valence-electron chi connectivity index (χ1n) is 7.23. The standard InChI is InChI=1S/C15H13ClN2O6S/c16-12-4-2-10(8-13(12)18(19)20)17-25(21,22)11-3-5-14-15(9-11)24-7-1-6-23-14/h2-5,8-9,17H,1,6-7H2. The van der Waals surface area contributed by atoms with Crippen LogP contribution in [0.2, 0.25) is 5.02 Å². The minimum Gasteiger partial charge on any atom is -0.490 e. The molecule has 3 rings (SSSR count). The number of hydrogen-bond donors (Lipinski definition) is 1. The van der Waals surface area contributed by atoms with E-state index in [0.717, 1.165) is 6.07 Å². The van der Waals surface area contributed by atoms with Crippen LogP contribution in [-0.2, 0) is 10.0 Å². The third-order valence-corrected chi connectivity index (χ3v) is 5.12. The van der Waals surface area contributed by atoms with Gasteiger partial charge in [-0.25, -0.2) is 8.42 Å². The molecule has 2 aromatic carbocycles. The van der Waals surface area contributed by atoms with Gasteiger partial charge in [0.15, 0.2) is 11.5 Å². The molecular formula is C15H13ClN2O6S. The fourth-order valence-electron chi connectivity index (χ4n) is 2.24. The summed E-state index contributed by atoms with van der Waals surface area (Å²) < 4.78 is 38.3. The van der Waals surface area contributed by atoms with Crippen molar-refractivity contribution in [1.29, 1.82) is 0 Å². The third kappa shape index (κ3) is 3.77. The molecule has 1 aliphatic rings. The Labute approximate surface area is 148 Å². The van der Waals surface area contributed by atoms with E-state index in [-0.39, 0.29) is 21.3 Å². The predicted octanol–water partition coefficient (Wildman–Crippen LogP) is 3.21. The zero-order valence-corrected chi connectivity index (χ0v) is 14.3. The molecule has 1 N–H and O–H groups in total. The van der Waals surface area contributed by atoms with Crippen molar-refractivity contribution in [2.45, 2.75) is 11.3 Å². The number of nitrogens with one attached hydrogen (secondary N) is 1.